The molecule has 3 heterocycles. The van der Waals surface area contributed by atoms with E-state index in [0.29, 0.717) is 18.8 Å². The number of nitrogens with two attached hydrogens (primary N) is 1. The Balaban J connectivity index is 1.70. The number of nitrogen functional groups attached to an aromatic ring is 1. The Morgan fingerprint density at radius 2 is 2.42 bits per heavy atom. The Kier molecular flexibility index (Phi) is 2.88. The van der Waals surface area contributed by atoms with Crippen LogP contribution in [-0.4, -0.2) is 45.6 Å². The number of likely N-dealkylation sites (tertiary alicyclic amines) is 1. The van der Waals surface area contributed by atoms with Crippen LogP contribution in [0, 0.1) is 5.92 Å². The molecule has 2 fully saturated rings. The predicted octanol–water partition coefficient (Wildman–Crippen LogP) is -0.798. The van der Waals surface area contributed by atoms with E-state index in [1.54, 1.807) is 6.20 Å². The van der Waals surface area contributed by atoms with Gasteiger partial charge in [-0.3, -0.25) is 14.3 Å². The van der Waals surface area contributed by atoms with E-state index in [9.17, 15) is 9.59 Å². The average Bonchev–Trinajstić information content (AvgIpc) is 2.96. The summed E-state index contributed by atoms with van der Waals surface area (Å²) in [5.41, 5.74) is 6.12. The largest absolute Gasteiger partial charge is 0.396 e. The first-order chi connectivity index (χ1) is 9.15. The van der Waals surface area contributed by atoms with Gasteiger partial charge in [-0.2, -0.15) is 5.10 Å². The molecule has 0 radical (unpaired) electrons. The molecular formula is C12H17N5O2. The summed E-state index contributed by atoms with van der Waals surface area (Å²) in [5.74, 6) is 0.0283. The fraction of sp³-hybridized carbons (Fsp3) is 0.583. The number of nitrogens with one attached hydrogen (secondary N) is 1. The quantitative estimate of drug-likeness (QED) is 0.730. The van der Waals surface area contributed by atoms with Gasteiger partial charge in [-0.15, -0.1) is 0 Å². The minimum atomic E-state index is -0.0413. The zero-order valence-electron chi connectivity index (χ0n) is 10.6. The Bertz CT molecular complexity index is 512. The highest BCUT2D eigenvalue weighted by atomic mass is 16.2. The van der Waals surface area contributed by atoms with Gasteiger partial charge in [-0.25, -0.2) is 0 Å². The average molecular weight is 263 g/mol. The number of amides is 2. The number of hydrogen-bond donors (Lipinski definition) is 2. The van der Waals surface area contributed by atoms with Crippen LogP contribution in [-0.2, 0) is 16.1 Å². The van der Waals surface area contributed by atoms with Crippen molar-refractivity contribution in [3.63, 3.8) is 0 Å². The van der Waals surface area contributed by atoms with Gasteiger partial charge in [-0.1, -0.05) is 0 Å². The lowest BCUT2D eigenvalue weighted by molar-refractivity contribution is -0.137. The summed E-state index contributed by atoms with van der Waals surface area (Å²) in [5, 5.41) is 6.85. The number of carbonyl (C=O) groups is 2. The topological polar surface area (TPSA) is 93.2 Å². The third kappa shape index (κ3) is 2.16. The van der Waals surface area contributed by atoms with Crippen LogP contribution in [0.15, 0.2) is 12.4 Å². The molecular weight excluding hydrogens is 246 g/mol. The maximum Gasteiger partial charge on any atom is 0.244 e. The zero-order valence-corrected chi connectivity index (χ0v) is 10.6. The smallest absolute Gasteiger partial charge is 0.244 e. The maximum atomic E-state index is 12.3. The number of nitrogens with zero attached hydrogens (tertiary/aromatic N) is 3. The molecule has 7 nitrogen and oxygen atoms in total. The van der Waals surface area contributed by atoms with Crippen LogP contribution < -0.4 is 11.1 Å². The van der Waals surface area contributed by atoms with Gasteiger partial charge in [0.05, 0.1) is 23.8 Å². The SMILES string of the molecule is Nc1cnn(CC(=O)N2CCCC3C(=O)NCC32)c1. The number of anilines is 1. The highest BCUT2D eigenvalue weighted by Crippen LogP contribution is 2.27. The van der Waals surface area contributed by atoms with Gasteiger partial charge in [0.25, 0.3) is 0 Å². The van der Waals surface area contributed by atoms with Crippen LogP contribution in [0.4, 0.5) is 5.69 Å². The molecule has 0 saturated carbocycles. The molecule has 3 rings (SSSR count). The predicted molar refractivity (Wildman–Crippen MR) is 67.9 cm³/mol. The lowest BCUT2D eigenvalue weighted by atomic mass is 9.91. The number of fused-ring (bicyclic) bond motifs is 1. The lowest BCUT2D eigenvalue weighted by Gasteiger charge is -2.35. The first kappa shape index (κ1) is 12.0. The van der Waals surface area contributed by atoms with Crippen molar-refractivity contribution in [2.45, 2.75) is 25.4 Å². The summed E-state index contributed by atoms with van der Waals surface area (Å²) in [7, 11) is 0. The van der Waals surface area contributed by atoms with E-state index in [-0.39, 0.29) is 30.3 Å². The third-order valence-corrected chi connectivity index (χ3v) is 3.87. The summed E-state index contributed by atoms with van der Waals surface area (Å²) in [4.78, 5) is 25.8. The Morgan fingerprint density at radius 1 is 1.58 bits per heavy atom. The van der Waals surface area contributed by atoms with Crippen molar-refractivity contribution in [1.82, 2.24) is 20.0 Å². The van der Waals surface area contributed by atoms with Crippen LogP contribution in [0.2, 0.25) is 0 Å². The zero-order chi connectivity index (χ0) is 13.4. The van der Waals surface area contributed by atoms with Crippen molar-refractivity contribution in [2.24, 2.45) is 5.92 Å². The molecule has 0 bridgehead atoms. The van der Waals surface area contributed by atoms with Crippen molar-refractivity contribution in [2.75, 3.05) is 18.8 Å². The summed E-state index contributed by atoms with van der Waals surface area (Å²) < 4.78 is 1.53. The van der Waals surface area contributed by atoms with Gasteiger partial charge in [0, 0.05) is 19.3 Å². The Labute approximate surface area is 110 Å². The lowest BCUT2D eigenvalue weighted by Crippen LogP contribution is -2.49. The van der Waals surface area contributed by atoms with Gasteiger partial charge in [-0.05, 0) is 12.8 Å². The van der Waals surface area contributed by atoms with Crippen LogP contribution in [0.1, 0.15) is 12.8 Å². The van der Waals surface area contributed by atoms with Crippen molar-refractivity contribution in [3.8, 4) is 0 Å². The van der Waals surface area contributed by atoms with Gasteiger partial charge in [0.1, 0.15) is 6.54 Å². The summed E-state index contributed by atoms with van der Waals surface area (Å²) >= 11 is 0. The second-order valence-corrected chi connectivity index (χ2v) is 5.12. The molecule has 102 valence electrons. The summed E-state index contributed by atoms with van der Waals surface area (Å²) in [6.45, 7) is 1.46. The molecule has 2 amide bonds. The van der Waals surface area contributed by atoms with Crippen molar-refractivity contribution < 1.29 is 9.59 Å². The van der Waals surface area contributed by atoms with Gasteiger partial charge < -0.3 is 16.0 Å². The fourth-order valence-corrected chi connectivity index (χ4v) is 2.96. The molecule has 0 aromatic carbocycles. The van der Waals surface area contributed by atoms with Crippen LogP contribution in [0.25, 0.3) is 0 Å². The number of piperidine rings is 1. The Hall–Kier alpha value is -2.05. The van der Waals surface area contributed by atoms with Crippen molar-refractivity contribution in [1.29, 1.82) is 0 Å². The highest BCUT2D eigenvalue weighted by Gasteiger charge is 2.42. The number of hydrogen-bond acceptors (Lipinski definition) is 4. The highest BCUT2D eigenvalue weighted by molar-refractivity contribution is 5.84. The van der Waals surface area contributed by atoms with E-state index in [2.05, 4.69) is 10.4 Å². The molecule has 1 aromatic heterocycles. The summed E-state index contributed by atoms with van der Waals surface area (Å²) in [6.07, 6.45) is 4.90. The monoisotopic (exact) mass is 263 g/mol. The van der Waals surface area contributed by atoms with Crippen LogP contribution >= 0.6 is 0 Å². The van der Waals surface area contributed by atoms with E-state index >= 15 is 0 Å². The Morgan fingerprint density at radius 3 is 3.16 bits per heavy atom. The minimum absolute atomic E-state index is 0.00154. The van der Waals surface area contributed by atoms with Gasteiger partial charge in [0.2, 0.25) is 11.8 Å². The van der Waals surface area contributed by atoms with Gasteiger partial charge >= 0.3 is 0 Å². The van der Waals surface area contributed by atoms with Gasteiger partial charge in [0.15, 0.2) is 0 Å². The standard InChI is InChI=1S/C12H17N5O2/c13-8-4-15-16(6-8)7-11(18)17-3-1-2-9-10(17)5-14-12(9)19/h4,6,9-10H,1-3,5,7,13H2,(H,14,19). The molecule has 0 spiro atoms. The van der Waals surface area contributed by atoms with Crippen molar-refractivity contribution >= 4 is 17.5 Å². The minimum Gasteiger partial charge on any atom is -0.396 e. The first-order valence-corrected chi connectivity index (χ1v) is 6.50. The molecule has 2 unspecified atom stereocenters. The summed E-state index contributed by atoms with van der Waals surface area (Å²) in [6, 6.07) is 0.00154. The van der Waals surface area contributed by atoms with E-state index < -0.39 is 0 Å². The van der Waals surface area contributed by atoms with Crippen molar-refractivity contribution in [3.05, 3.63) is 12.4 Å². The number of rotatable bonds is 2. The number of carbonyl (C=O) groups excluding carboxylic acids is 2. The van der Waals surface area contributed by atoms with E-state index in [4.69, 9.17) is 5.73 Å². The first-order valence-electron chi connectivity index (χ1n) is 6.50. The second-order valence-electron chi connectivity index (χ2n) is 5.12. The van der Waals surface area contributed by atoms with E-state index in [0.717, 1.165) is 12.8 Å². The van der Waals surface area contributed by atoms with Crippen LogP contribution in [0.3, 0.4) is 0 Å². The molecule has 0 aliphatic carbocycles. The normalized spacial score (nSPS) is 26.1. The fourth-order valence-electron chi connectivity index (χ4n) is 2.96. The van der Waals surface area contributed by atoms with E-state index in [1.807, 2.05) is 4.90 Å². The number of aromatic nitrogens is 2. The second kappa shape index (κ2) is 4.56. The molecule has 19 heavy (non-hydrogen) atoms. The molecule has 3 N–H and O–H groups in total. The molecule has 2 atom stereocenters. The van der Waals surface area contributed by atoms with Crippen LogP contribution in [0.5, 0.6) is 0 Å². The molecule has 1 aromatic rings. The molecule has 2 aliphatic heterocycles. The van der Waals surface area contributed by atoms with E-state index in [1.165, 1.54) is 10.9 Å². The molecule has 7 heteroatoms. The molecule has 2 aliphatic rings. The maximum absolute atomic E-state index is 12.3. The molecule has 2 saturated heterocycles. The third-order valence-electron chi connectivity index (χ3n) is 3.87.